The zero-order valence-electron chi connectivity index (χ0n) is 15.3. The van der Waals surface area contributed by atoms with Crippen LogP contribution >= 0.6 is 34.8 Å². The SMILES string of the molecule is O=C1N(C2CCCCC2)CC2(c3ccccc3N3CCC(Cl)CC32)C1(Cl)Cl. The lowest BCUT2D eigenvalue weighted by Crippen LogP contribution is -2.57. The molecule has 27 heavy (non-hydrogen) atoms. The van der Waals surface area contributed by atoms with Gasteiger partial charge in [-0.2, -0.15) is 0 Å². The summed E-state index contributed by atoms with van der Waals surface area (Å²) in [6, 6.07) is 8.69. The first-order valence-corrected chi connectivity index (χ1v) is 11.3. The van der Waals surface area contributed by atoms with Crippen LogP contribution in [0.15, 0.2) is 24.3 Å². The first-order valence-electron chi connectivity index (χ1n) is 10.2. The van der Waals surface area contributed by atoms with Gasteiger partial charge in [0.15, 0.2) is 0 Å². The van der Waals surface area contributed by atoms with Crippen molar-refractivity contribution in [1.29, 1.82) is 0 Å². The van der Waals surface area contributed by atoms with Crippen LogP contribution < -0.4 is 4.90 Å². The van der Waals surface area contributed by atoms with Crippen molar-refractivity contribution in [3.05, 3.63) is 29.8 Å². The van der Waals surface area contributed by atoms with Crippen LogP contribution in [0.5, 0.6) is 0 Å². The van der Waals surface area contributed by atoms with Crippen molar-refractivity contribution in [2.75, 3.05) is 18.0 Å². The van der Waals surface area contributed by atoms with Gasteiger partial charge in [0.05, 0.1) is 5.41 Å². The van der Waals surface area contributed by atoms with E-state index in [1.54, 1.807) is 0 Å². The molecule has 1 spiro atoms. The van der Waals surface area contributed by atoms with Crippen LogP contribution in [0.1, 0.15) is 50.5 Å². The lowest BCUT2D eigenvalue weighted by molar-refractivity contribution is -0.130. The van der Waals surface area contributed by atoms with Gasteiger partial charge >= 0.3 is 0 Å². The maximum atomic E-state index is 13.5. The third-order valence-electron chi connectivity index (χ3n) is 7.33. The van der Waals surface area contributed by atoms with Gasteiger partial charge in [0.1, 0.15) is 0 Å². The number of carbonyl (C=O) groups excluding carboxylic acids is 1. The number of fused-ring (bicyclic) bond motifs is 5. The second-order valence-electron chi connectivity index (χ2n) is 8.62. The molecule has 1 saturated carbocycles. The third-order valence-corrected chi connectivity index (χ3v) is 8.72. The van der Waals surface area contributed by atoms with E-state index in [9.17, 15) is 4.79 Å². The van der Waals surface area contributed by atoms with Gasteiger partial charge in [-0.1, -0.05) is 60.7 Å². The van der Waals surface area contributed by atoms with Crippen LogP contribution in [0.4, 0.5) is 5.69 Å². The van der Waals surface area contributed by atoms with Gasteiger partial charge in [0.25, 0.3) is 5.91 Å². The molecule has 0 aromatic heterocycles. The maximum Gasteiger partial charge on any atom is 0.260 e. The molecule has 3 aliphatic heterocycles. The molecular formula is C21H25Cl3N2O. The van der Waals surface area contributed by atoms with Crippen molar-refractivity contribution < 1.29 is 4.79 Å². The summed E-state index contributed by atoms with van der Waals surface area (Å²) in [7, 11) is 0. The lowest BCUT2D eigenvalue weighted by atomic mass is 9.72. The summed E-state index contributed by atoms with van der Waals surface area (Å²) in [5.41, 5.74) is 1.68. The molecule has 1 aliphatic carbocycles. The highest BCUT2D eigenvalue weighted by Crippen LogP contribution is 2.61. The average molecular weight is 428 g/mol. The highest BCUT2D eigenvalue weighted by Gasteiger charge is 2.71. The molecule has 1 aromatic carbocycles. The number of nitrogens with zero attached hydrogens (tertiary/aromatic N) is 2. The second-order valence-corrected chi connectivity index (χ2v) is 10.6. The van der Waals surface area contributed by atoms with E-state index in [1.165, 1.54) is 24.9 Å². The molecule has 3 heterocycles. The molecule has 5 rings (SSSR count). The second kappa shape index (κ2) is 6.43. The third kappa shape index (κ3) is 2.44. The fraction of sp³-hybridized carbons (Fsp3) is 0.667. The summed E-state index contributed by atoms with van der Waals surface area (Å²) in [6.07, 6.45) is 7.47. The predicted molar refractivity (Wildman–Crippen MR) is 111 cm³/mol. The fourth-order valence-electron chi connectivity index (χ4n) is 6.03. The monoisotopic (exact) mass is 426 g/mol. The van der Waals surface area contributed by atoms with E-state index in [0.29, 0.717) is 6.54 Å². The minimum atomic E-state index is -1.45. The van der Waals surface area contributed by atoms with E-state index in [4.69, 9.17) is 34.8 Å². The lowest BCUT2D eigenvalue weighted by Gasteiger charge is -2.44. The number of carbonyl (C=O) groups is 1. The maximum absolute atomic E-state index is 13.5. The summed E-state index contributed by atoms with van der Waals surface area (Å²) in [4.78, 5) is 17.9. The van der Waals surface area contributed by atoms with Gasteiger partial charge in [-0.15, -0.1) is 11.6 Å². The zero-order valence-corrected chi connectivity index (χ0v) is 17.6. The molecule has 1 aromatic rings. The molecule has 3 nitrogen and oxygen atoms in total. The molecule has 3 atom stereocenters. The molecule has 0 radical (unpaired) electrons. The summed E-state index contributed by atoms with van der Waals surface area (Å²) in [5.74, 6) is -0.105. The van der Waals surface area contributed by atoms with Crippen molar-refractivity contribution in [3.8, 4) is 0 Å². The van der Waals surface area contributed by atoms with Crippen LogP contribution in [-0.4, -0.2) is 45.7 Å². The van der Waals surface area contributed by atoms with Crippen LogP contribution in [0, 0.1) is 0 Å². The van der Waals surface area contributed by atoms with Crippen molar-refractivity contribution in [3.63, 3.8) is 0 Å². The predicted octanol–water partition coefficient (Wildman–Crippen LogP) is 4.86. The van der Waals surface area contributed by atoms with E-state index in [2.05, 4.69) is 23.1 Å². The topological polar surface area (TPSA) is 23.6 Å². The molecule has 1 amide bonds. The Morgan fingerprint density at radius 3 is 2.52 bits per heavy atom. The molecule has 3 unspecified atom stereocenters. The van der Waals surface area contributed by atoms with Crippen LogP contribution in [0.2, 0.25) is 0 Å². The van der Waals surface area contributed by atoms with Gasteiger partial charge in [0.2, 0.25) is 4.33 Å². The summed E-state index contributed by atoms with van der Waals surface area (Å²) >= 11 is 20.6. The molecule has 0 N–H and O–H groups in total. The van der Waals surface area contributed by atoms with E-state index in [0.717, 1.165) is 37.8 Å². The van der Waals surface area contributed by atoms with Gasteiger partial charge < -0.3 is 9.80 Å². The van der Waals surface area contributed by atoms with Gasteiger partial charge in [-0.05, 0) is 37.3 Å². The Hall–Kier alpha value is -0.640. The summed E-state index contributed by atoms with van der Waals surface area (Å²) < 4.78 is -1.45. The smallest absolute Gasteiger partial charge is 0.260 e. The molecule has 4 aliphatic rings. The Bertz CT molecular complexity index is 764. The highest BCUT2D eigenvalue weighted by atomic mass is 35.5. The molecule has 6 heteroatoms. The number of hydrogen-bond donors (Lipinski definition) is 0. The highest BCUT2D eigenvalue weighted by molar-refractivity contribution is 6.60. The number of para-hydroxylation sites is 1. The quantitative estimate of drug-likeness (QED) is 0.597. The Balaban J connectivity index is 1.63. The number of anilines is 1. The normalized spacial score (nSPS) is 35.6. The van der Waals surface area contributed by atoms with Crippen molar-refractivity contribution in [1.82, 2.24) is 4.90 Å². The largest absolute Gasteiger partial charge is 0.367 e. The van der Waals surface area contributed by atoms with Crippen LogP contribution in [-0.2, 0) is 10.2 Å². The number of alkyl halides is 3. The van der Waals surface area contributed by atoms with Gasteiger partial charge in [-0.3, -0.25) is 4.79 Å². The zero-order chi connectivity index (χ0) is 18.8. The van der Waals surface area contributed by atoms with Gasteiger partial charge in [0, 0.05) is 36.2 Å². The van der Waals surface area contributed by atoms with E-state index in [1.807, 2.05) is 11.0 Å². The van der Waals surface area contributed by atoms with E-state index in [-0.39, 0.29) is 23.4 Å². The van der Waals surface area contributed by atoms with Crippen LogP contribution in [0.3, 0.4) is 0 Å². The average Bonchev–Trinajstić information content (AvgIpc) is 3.08. The number of amides is 1. The van der Waals surface area contributed by atoms with Gasteiger partial charge in [-0.25, -0.2) is 0 Å². The van der Waals surface area contributed by atoms with Crippen molar-refractivity contribution in [2.24, 2.45) is 0 Å². The molecule has 2 saturated heterocycles. The Morgan fingerprint density at radius 1 is 1.00 bits per heavy atom. The summed E-state index contributed by atoms with van der Waals surface area (Å²) in [5, 5.41) is 0.0976. The molecule has 3 fully saturated rings. The Morgan fingerprint density at radius 2 is 1.74 bits per heavy atom. The summed E-state index contributed by atoms with van der Waals surface area (Å²) in [6.45, 7) is 1.49. The van der Waals surface area contributed by atoms with Crippen LogP contribution in [0.25, 0.3) is 0 Å². The number of hydrogen-bond acceptors (Lipinski definition) is 2. The first kappa shape index (κ1) is 18.4. The molecule has 0 bridgehead atoms. The fourth-order valence-corrected chi connectivity index (χ4v) is 7.08. The van der Waals surface area contributed by atoms with Crippen molar-refractivity contribution in [2.45, 2.75) is 72.2 Å². The Kier molecular flexibility index (Phi) is 4.38. The molecular weight excluding hydrogens is 403 g/mol. The number of piperidine rings is 1. The minimum absolute atomic E-state index is 0.0682. The van der Waals surface area contributed by atoms with Crippen molar-refractivity contribution >= 4 is 46.4 Å². The van der Waals surface area contributed by atoms with E-state index < -0.39 is 9.75 Å². The minimum Gasteiger partial charge on any atom is -0.367 e. The van der Waals surface area contributed by atoms with E-state index >= 15 is 0 Å². The number of likely N-dealkylation sites (tertiary alicyclic amines) is 1. The Labute approximate surface area is 175 Å². The standard InChI is InChI=1S/C21H25Cl3N2O/c22-14-10-11-25-17-9-5-4-8-16(17)20(18(25)12-14)13-26(19(27)21(20,23)24)15-6-2-1-3-7-15/h4-5,8-9,14-15,18H,1-3,6-7,10-13H2. The number of rotatable bonds is 1. The number of benzene rings is 1. The molecule has 146 valence electrons. The first-order chi connectivity index (χ1) is 13.0. The number of halogens is 3.